The molecule has 0 aliphatic heterocycles. The molecule has 3 fully saturated rings. The van der Waals surface area contributed by atoms with Crippen molar-refractivity contribution in [1.29, 1.82) is 0 Å². The van der Waals surface area contributed by atoms with Gasteiger partial charge in [0.05, 0.1) is 18.8 Å². The van der Waals surface area contributed by atoms with Crippen molar-refractivity contribution in [3.05, 3.63) is 12.7 Å². The van der Waals surface area contributed by atoms with Crippen molar-refractivity contribution in [3.63, 3.8) is 0 Å². The second-order valence-corrected chi connectivity index (χ2v) is 10.1. The number of carbonyl (C=O) groups is 1. The average Bonchev–Trinajstić information content (AvgIpc) is 2.81. The predicted octanol–water partition coefficient (Wildman–Crippen LogP) is 5.98. The predicted molar refractivity (Wildman–Crippen MR) is 121 cm³/mol. The van der Waals surface area contributed by atoms with E-state index in [1.54, 1.807) is 7.11 Å². The van der Waals surface area contributed by atoms with E-state index in [2.05, 4.69) is 6.58 Å². The zero-order valence-electron chi connectivity index (χ0n) is 19.7. The highest BCUT2D eigenvalue weighted by atomic mass is 19.1. The average molecular weight is 457 g/mol. The van der Waals surface area contributed by atoms with Gasteiger partial charge in [0.25, 0.3) is 0 Å². The summed E-state index contributed by atoms with van der Waals surface area (Å²) in [5.74, 6) is 0.381. The number of rotatable bonds is 10. The molecule has 0 N–H and O–H groups in total. The first-order valence-corrected chi connectivity index (χ1v) is 12.7. The molecule has 3 aliphatic carbocycles. The van der Waals surface area contributed by atoms with Crippen molar-refractivity contribution in [2.45, 2.75) is 102 Å². The second kappa shape index (κ2) is 13.0. The highest BCUT2D eigenvalue weighted by molar-refractivity contribution is 5.81. The zero-order chi connectivity index (χ0) is 22.9. The van der Waals surface area contributed by atoms with Crippen molar-refractivity contribution >= 4 is 5.97 Å². The fourth-order valence-electron chi connectivity index (χ4n) is 6.31. The number of methoxy groups -OCH3 is 1. The summed E-state index contributed by atoms with van der Waals surface area (Å²) in [5, 5.41) is 0. The summed E-state index contributed by atoms with van der Waals surface area (Å²) >= 11 is 0. The summed E-state index contributed by atoms with van der Waals surface area (Å²) in [4.78, 5) is 11.0. The van der Waals surface area contributed by atoms with E-state index >= 15 is 8.78 Å². The van der Waals surface area contributed by atoms with E-state index in [-0.39, 0.29) is 23.9 Å². The number of carbonyl (C=O) groups excluding carboxylic acids is 1. The van der Waals surface area contributed by atoms with Crippen LogP contribution in [0.15, 0.2) is 12.7 Å². The molecule has 3 saturated carbocycles. The topological polar surface area (TPSA) is 44.8 Å². The van der Waals surface area contributed by atoms with E-state index in [4.69, 9.17) is 14.2 Å². The van der Waals surface area contributed by atoms with Gasteiger partial charge in [-0.15, -0.1) is 0 Å². The minimum Gasteiger partial charge on any atom is -0.463 e. The van der Waals surface area contributed by atoms with Crippen molar-refractivity contribution in [3.8, 4) is 0 Å². The largest absolute Gasteiger partial charge is 0.463 e. The quantitative estimate of drug-likeness (QED) is 0.230. The molecule has 4 nitrogen and oxygen atoms in total. The third-order valence-electron chi connectivity index (χ3n) is 8.20. The molecule has 3 rings (SSSR count). The normalized spacial score (nSPS) is 38.2. The summed E-state index contributed by atoms with van der Waals surface area (Å²) in [5.41, 5.74) is 0. The Kier molecular flexibility index (Phi) is 10.4. The molecule has 0 spiro atoms. The van der Waals surface area contributed by atoms with Gasteiger partial charge in [-0.3, -0.25) is 0 Å². The van der Waals surface area contributed by atoms with Crippen LogP contribution in [0.3, 0.4) is 0 Å². The third-order valence-corrected chi connectivity index (χ3v) is 8.20. The highest BCUT2D eigenvalue weighted by Gasteiger charge is 2.43. The molecule has 0 amide bonds. The SMILES string of the molecule is C=CC(=O)OCCCCOC1CCC(C2CCC(C3CCC(OC)CC3)C(F)C2)C(F)C1. The summed E-state index contributed by atoms with van der Waals surface area (Å²) in [6.45, 7) is 4.27. The van der Waals surface area contributed by atoms with Gasteiger partial charge in [0.1, 0.15) is 12.3 Å². The van der Waals surface area contributed by atoms with E-state index in [9.17, 15) is 4.79 Å². The van der Waals surface area contributed by atoms with Gasteiger partial charge in [-0.25, -0.2) is 13.6 Å². The van der Waals surface area contributed by atoms with Crippen LogP contribution in [0.4, 0.5) is 8.78 Å². The molecule has 184 valence electrons. The molecule has 0 bridgehead atoms. The van der Waals surface area contributed by atoms with Crippen LogP contribution in [0.2, 0.25) is 0 Å². The van der Waals surface area contributed by atoms with Gasteiger partial charge in [-0.2, -0.15) is 0 Å². The van der Waals surface area contributed by atoms with E-state index in [1.807, 2.05) is 0 Å². The molecule has 3 aliphatic rings. The first-order valence-electron chi connectivity index (χ1n) is 12.7. The van der Waals surface area contributed by atoms with Gasteiger partial charge in [-0.1, -0.05) is 6.58 Å². The molecule has 0 heterocycles. The lowest BCUT2D eigenvalue weighted by atomic mass is 9.65. The summed E-state index contributed by atoms with van der Waals surface area (Å²) in [6, 6.07) is 0. The first kappa shape index (κ1) is 25.6. The maximum atomic E-state index is 15.1. The fraction of sp³-hybridized carbons (Fsp3) is 0.885. The third kappa shape index (κ3) is 7.24. The van der Waals surface area contributed by atoms with Crippen LogP contribution < -0.4 is 0 Å². The lowest BCUT2D eigenvalue weighted by Gasteiger charge is -2.43. The van der Waals surface area contributed by atoms with Crippen LogP contribution in [0.5, 0.6) is 0 Å². The summed E-state index contributed by atoms with van der Waals surface area (Å²) < 4.78 is 46.4. The van der Waals surface area contributed by atoms with Crippen molar-refractivity contribution in [2.24, 2.45) is 23.7 Å². The van der Waals surface area contributed by atoms with Gasteiger partial charge in [-0.05, 0) is 94.3 Å². The lowest BCUT2D eigenvalue weighted by molar-refractivity contribution is -0.138. The number of alkyl halides is 2. The van der Waals surface area contributed by atoms with E-state index in [0.717, 1.165) is 70.3 Å². The standard InChI is InChI=1S/C26H42F2O4/c1-3-26(29)32-15-5-4-14-31-21-11-13-23(25(28)17-21)19-8-12-22(24(27)16-19)18-6-9-20(30-2)10-7-18/h3,18-25H,1,4-17H2,2H3. The monoisotopic (exact) mass is 456 g/mol. The smallest absolute Gasteiger partial charge is 0.330 e. The summed E-state index contributed by atoms with van der Waals surface area (Å²) in [7, 11) is 1.77. The van der Waals surface area contributed by atoms with Crippen LogP contribution in [0.1, 0.15) is 77.0 Å². The number of halogens is 2. The highest BCUT2D eigenvalue weighted by Crippen LogP contribution is 2.46. The number of hydrogen-bond donors (Lipinski definition) is 0. The Bertz CT molecular complexity index is 578. The molecular weight excluding hydrogens is 414 g/mol. The van der Waals surface area contributed by atoms with Crippen LogP contribution in [0, 0.1) is 23.7 Å². The van der Waals surface area contributed by atoms with Gasteiger partial charge < -0.3 is 14.2 Å². The Morgan fingerprint density at radius 1 is 0.844 bits per heavy atom. The minimum absolute atomic E-state index is 0.0170. The molecule has 6 heteroatoms. The molecule has 0 aromatic heterocycles. The maximum absolute atomic E-state index is 15.1. The van der Waals surface area contributed by atoms with Gasteiger partial charge in [0.15, 0.2) is 0 Å². The van der Waals surface area contributed by atoms with Crippen LogP contribution in [-0.2, 0) is 19.0 Å². The molecule has 32 heavy (non-hydrogen) atoms. The molecule has 0 radical (unpaired) electrons. The molecule has 6 unspecified atom stereocenters. The van der Waals surface area contributed by atoms with Crippen molar-refractivity contribution in [1.82, 2.24) is 0 Å². The Balaban J connectivity index is 1.33. The molecule has 6 atom stereocenters. The van der Waals surface area contributed by atoms with Gasteiger partial charge in [0.2, 0.25) is 0 Å². The van der Waals surface area contributed by atoms with Crippen LogP contribution in [-0.4, -0.2) is 50.8 Å². The van der Waals surface area contributed by atoms with Crippen molar-refractivity contribution < 1.29 is 27.8 Å². The number of esters is 1. The first-order chi connectivity index (χ1) is 15.5. The van der Waals surface area contributed by atoms with E-state index < -0.39 is 18.3 Å². The second-order valence-electron chi connectivity index (χ2n) is 10.1. The number of ether oxygens (including phenoxy) is 3. The van der Waals surface area contributed by atoms with E-state index in [0.29, 0.717) is 38.1 Å². The van der Waals surface area contributed by atoms with Gasteiger partial charge in [0, 0.05) is 26.2 Å². The molecule has 0 aromatic carbocycles. The minimum atomic E-state index is -0.895. The Labute approximate surface area is 192 Å². The Hall–Kier alpha value is -1.01. The molecule has 0 saturated heterocycles. The number of unbranched alkanes of at least 4 members (excludes halogenated alkanes) is 1. The molecule has 0 aromatic rings. The lowest BCUT2D eigenvalue weighted by Crippen LogP contribution is -2.41. The molecular formula is C26H42F2O4. The van der Waals surface area contributed by atoms with Crippen LogP contribution >= 0.6 is 0 Å². The Morgan fingerprint density at radius 2 is 1.44 bits per heavy atom. The van der Waals surface area contributed by atoms with Crippen LogP contribution in [0.25, 0.3) is 0 Å². The zero-order valence-corrected chi connectivity index (χ0v) is 19.7. The number of hydrogen-bond acceptors (Lipinski definition) is 4. The van der Waals surface area contributed by atoms with Crippen molar-refractivity contribution in [2.75, 3.05) is 20.3 Å². The summed E-state index contributed by atoms with van der Waals surface area (Å²) in [6.07, 6.45) is 9.99. The fourth-order valence-corrected chi connectivity index (χ4v) is 6.31. The Morgan fingerprint density at radius 3 is 2.09 bits per heavy atom. The van der Waals surface area contributed by atoms with Gasteiger partial charge >= 0.3 is 5.97 Å². The van der Waals surface area contributed by atoms with E-state index in [1.165, 1.54) is 0 Å². The maximum Gasteiger partial charge on any atom is 0.330 e.